The van der Waals surface area contributed by atoms with Gasteiger partial charge in [-0.15, -0.1) is 0 Å². The lowest BCUT2D eigenvalue weighted by Crippen LogP contribution is -1.71. The topological polar surface area (TPSA) is 0 Å². The van der Waals surface area contributed by atoms with Gasteiger partial charge in [-0.3, -0.25) is 0 Å². The summed E-state index contributed by atoms with van der Waals surface area (Å²) in [5.41, 5.74) is 0. The first-order valence-electron chi connectivity index (χ1n) is 2.04. The summed E-state index contributed by atoms with van der Waals surface area (Å²) in [5.74, 6) is 0.307. The Labute approximate surface area is 53.2 Å². The maximum absolute atomic E-state index is 2.34. The van der Waals surface area contributed by atoms with Crippen molar-refractivity contribution in [1.82, 2.24) is 0 Å². The fourth-order valence-electron chi connectivity index (χ4n) is 0.149. The summed E-state index contributed by atoms with van der Waals surface area (Å²) in [6, 6.07) is 0. The van der Waals surface area contributed by atoms with Crippen molar-refractivity contribution in [2.24, 2.45) is 0 Å². The summed E-state index contributed by atoms with van der Waals surface area (Å²) in [7, 11) is 0.667. The van der Waals surface area contributed by atoms with Crippen molar-refractivity contribution >= 4 is 27.4 Å². The van der Waals surface area contributed by atoms with Crippen LogP contribution in [0.25, 0.3) is 0 Å². The molecule has 0 rings (SSSR count). The first-order valence-corrected chi connectivity index (χ1v) is 8.30. The van der Waals surface area contributed by atoms with Gasteiger partial charge in [0.2, 0.25) is 0 Å². The highest BCUT2D eigenvalue weighted by molar-refractivity contribution is 8.68. The predicted molar refractivity (Wildman–Crippen MR) is 45.6 cm³/mol. The van der Waals surface area contributed by atoms with Gasteiger partial charge in [0, 0.05) is 18.8 Å². The van der Waals surface area contributed by atoms with Gasteiger partial charge in [-0.2, -0.15) is 0 Å². The summed E-state index contributed by atoms with van der Waals surface area (Å²) in [5, 5.41) is 0. The molecular formula is C4H12PS2+. The van der Waals surface area contributed by atoms with E-state index in [1.54, 1.807) is 0 Å². The molecule has 0 N–H and O–H groups in total. The zero-order valence-corrected chi connectivity index (χ0v) is 7.79. The maximum atomic E-state index is 2.34. The second-order valence-corrected chi connectivity index (χ2v) is 11.5. The van der Waals surface area contributed by atoms with Gasteiger partial charge >= 0.3 is 0 Å². The molecule has 0 aliphatic carbocycles. The summed E-state index contributed by atoms with van der Waals surface area (Å²) in [6.45, 7) is 2.34. The number of rotatable bonds is 1. The molecule has 0 saturated heterocycles. The molecule has 0 radical (unpaired) electrons. The normalized spacial score (nSPS) is 12.4. The molecule has 0 amide bonds. The van der Waals surface area contributed by atoms with E-state index in [0.29, 0.717) is 16.0 Å². The first-order chi connectivity index (χ1) is 3.18. The third kappa shape index (κ3) is 3.57. The van der Waals surface area contributed by atoms with Gasteiger partial charge in [0.25, 0.3) is 0 Å². The van der Waals surface area contributed by atoms with Gasteiger partial charge < -0.3 is 0 Å². The van der Waals surface area contributed by atoms with Crippen molar-refractivity contribution in [1.29, 1.82) is 0 Å². The Morgan fingerprint density at radius 2 is 1.86 bits per heavy atom. The summed E-state index contributed by atoms with van der Waals surface area (Å²) in [4.78, 5) is 0. The van der Waals surface area contributed by atoms with E-state index in [2.05, 4.69) is 25.4 Å². The largest absolute Gasteiger partial charge is 0.187 e. The van der Waals surface area contributed by atoms with Crippen LogP contribution in [0.1, 0.15) is 0 Å². The Hall–Kier alpha value is 1.000. The minimum atomic E-state index is 0.307. The van der Waals surface area contributed by atoms with Gasteiger partial charge in [-0.05, 0) is 10.1 Å². The second kappa shape index (κ2) is 3.94. The zero-order chi connectivity index (χ0) is 5.86. The summed E-state index contributed by atoms with van der Waals surface area (Å²) < 4.78 is 0. The van der Waals surface area contributed by atoms with Crippen molar-refractivity contribution in [3.63, 3.8) is 0 Å². The van der Waals surface area contributed by atoms with Crippen LogP contribution in [0.15, 0.2) is 0 Å². The van der Waals surface area contributed by atoms with Crippen LogP contribution in [0.3, 0.4) is 0 Å². The third-order valence-corrected chi connectivity index (χ3v) is 11.0. The molecule has 0 saturated carbocycles. The number of hydrogen-bond acceptors (Lipinski definition) is 1. The summed E-state index contributed by atoms with van der Waals surface area (Å²) in [6.07, 6.45) is 6.81. The summed E-state index contributed by atoms with van der Waals surface area (Å²) >= 11 is 2.01. The molecule has 0 nitrogen and oxygen atoms in total. The average Bonchev–Trinajstić information content (AvgIpc) is 1.65. The maximum Gasteiger partial charge on any atom is 0.187 e. The number of hydrogen-bond donors (Lipinski definition) is 0. The van der Waals surface area contributed by atoms with Crippen LogP contribution >= 0.6 is 17.3 Å². The molecule has 3 heteroatoms. The van der Waals surface area contributed by atoms with Gasteiger partial charge in [0.15, 0.2) is 5.90 Å². The van der Waals surface area contributed by atoms with E-state index in [0.717, 1.165) is 0 Å². The molecule has 0 fully saturated rings. The fraction of sp³-hybridized carbons (Fsp3) is 1.00. The van der Waals surface area contributed by atoms with Gasteiger partial charge in [-0.1, -0.05) is 0 Å². The fourth-order valence-corrected chi connectivity index (χ4v) is 4.02. The molecule has 1 atom stereocenters. The molecule has 0 heterocycles. The van der Waals surface area contributed by atoms with Crippen molar-refractivity contribution in [3.8, 4) is 0 Å². The van der Waals surface area contributed by atoms with Gasteiger partial charge in [-0.25, -0.2) is 0 Å². The Balaban J connectivity index is 3.72. The van der Waals surface area contributed by atoms with E-state index in [-0.39, 0.29) is 0 Å². The highest BCUT2D eigenvalue weighted by atomic mass is 32.9. The monoisotopic (exact) mass is 155 g/mol. The Kier molecular flexibility index (Phi) is 4.50. The molecule has 0 spiro atoms. The quantitative estimate of drug-likeness (QED) is 0.523. The van der Waals surface area contributed by atoms with Crippen molar-refractivity contribution < 1.29 is 0 Å². The minimum absolute atomic E-state index is 0.307. The van der Waals surface area contributed by atoms with Crippen LogP contribution in [-0.4, -0.2) is 25.4 Å². The van der Waals surface area contributed by atoms with Crippen molar-refractivity contribution in [2.45, 2.75) is 0 Å². The molecule has 0 aromatic rings. The van der Waals surface area contributed by atoms with E-state index in [4.69, 9.17) is 0 Å². The molecule has 1 unspecified atom stereocenters. The second-order valence-electron chi connectivity index (χ2n) is 1.40. The minimum Gasteiger partial charge on any atom is -0.0107 e. The van der Waals surface area contributed by atoms with Crippen molar-refractivity contribution in [3.05, 3.63) is 0 Å². The predicted octanol–water partition coefficient (Wildman–Crippen LogP) is 2.17. The van der Waals surface area contributed by atoms with Crippen LogP contribution in [0.2, 0.25) is 0 Å². The van der Waals surface area contributed by atoms with Gasteiger partial charge in [0.1, 0.15) is 6.66 Å². The lowest BCUT2D eigenvalue weighted by molar-refractivity contribution is 2.33. The smallest absolute Gasteiger partial charge is 0.0107 e. The van der Waals surface area contributed by atoms with Crippen LogP contribution < -0.4 is 0 Å². The SMILES string of the molecule is CS[P+](C)=S(C)C. The molecule has 0 aromatic heterocycles. The third-order valence-electron chi connectivity index (χ3n) is 0.771. The highest BCUT2D eigenvalue weighted by Crippen LogP contribution is 2.34. The van der Waals surface area contributed by atoms with E-state index in [1.807, 2.05) is 11.4 Å². The zero-order valence-electron chi connectivity index (χ0n) is 5.26. The van der Waals surface area contributed by atoms with E-state index >= 15 is 0 Å². The van der Waals surface area contributed by atoms with Crippen LogP contribution in [-0.2, 0) is 10.1 Å². The van der Waals surface area contributed by atoms with E-state index in [1.165, 1.54) is 0 Å². The van der Waals surface area contributed by atoms with Gasteiger partial charge in [0.05, 0.1) is 11.4 Å². The highest BCUT2D eigenvalue weighted by Gasteiger charge is 1.98. The molecule has 44 valence electrons. The lowest BCUT2D eigenvalue weighted by atomic mass is 11.9. The average molecular weight is 155 g/mol. The molecule has 0 aromatic carbocycles. The van der Waals surface area contributed by atoms with Crippen LogP contribution in [0, 0.1) is 0 Å². The molecule has 0 aliphatic heterocycles. The lowest BCUT2D eigenvalue weighted by Gasteiger charge is -1.80. The standard InChI is InChI=1S/C4H12PS2/c1-5(6-2)7(3)4/h1-4H3/q+1. The Morgan fingerprint density at radius 1 is 1.43 bits per heavy atom. The Morgan fingerprint density at radius 3 is 1.86 bits per heavy atom. The molecule has 7 heavy (non-hydrogen) atoms. The first kappa shape index (κ1) is 8.00. The van der Waals surface area contributed by atoms with Crippen molar-refractivity contribution in [2.75, 3.05) is 25.4 Å². The van der Waals surface area contributed by atoms with Crippen LogP contribution in [0.4, 0.5) is 0 Å². The Bertz CT molecular complexity index is 83.7. The van der Waals surface area contributed by atoms with E-state index in [9.17, 15) is 0 Å². The van der Waals surface area contributed by atoms with Crippen LogP contribution in [0.5, 0.6) is 0 Å². The molecule has 0 aliphatic rings. The van der Waals surface area contributed by atoms with E-state index < -0.39 is 0 Å². The molecular weight excluding hydrogens is 143 g/mol. The molecule has 0 bridgehead atoms.